The second-order valence-corrected chi connectivity index (χ2v) is 10.5. The Labute approximate surface area is 240 Å². The Morgan fingerprint density at radius 3 is 2.08 bits per heavy atom. The highest BCUT2D eigenvalue weighted by atomic mass is 79.9. The first-order chi connectivity index (χ1) is 18.9. The molecular weight excluding hydrogens is 558 g/mol. The van der Waals surface area contributed by atoms with Crippen molar-refractivity contribution < 1.29 is 19.1 Å². The zero-order valence-electron chi connectivity index (χ0n) is 23.5. The summed E-state index contributed by atoms with van der Waals surface area (Å²) in [7, 11) is 3.11. The van der Waals surface area contributed by atoms with E-state index in [0.717, 1.165) is 42.4 Å². The van der Waals surface area contributed by atoms with Gasteiger partial charge in [0.1, 0.15) is 18.0 Å². The molecule has 3 aromatic rings. The highest BCUT2D eigenvalue weighted by molar-refractivity contribution is 9.10. The standard InChI is InChI=1S/C31H40BrN3O4/c1-5-7-15-34(22-27-10-9-17-33(27)21-24-11-13-26(32)14-12-24)30(36)23-35(16-8-6-2)31(37)25-18-28(38-3)20-29(19-25)39-4/h9-14,17-20H,5-8,15-16,21-23H2,1-4H3. The molecule has 0 N–H and O–H groups in total. The monoisotopic (exact) mass is 597 g/mol. The summed E-state index contributed by atoms with van der Waals surface area (Å²) < 4.78 is 13.9. The largest absolute Gasteiger partial charge is 0.497 e. The van der Waals surface area contributed by atoms with E-state index in [1.807, 2.05) is 29.3 Å². The van der Waals surface area contributed by atoms with Crippen LogP contribution in [0.2, 0.25) is 0 Å². The summed E-state index contributed by atoms with van der Waals surface area (Å²) in [6.45, 7) is 6.58. The third-order valence-electron chi connectivity index (χ3n) is 6.67. The Morgan fingerprint density at radius 1 is 0.872 bits per heavy atom. The van der Waals surface area contributed by atoms with Crippen LogP contribution in [0.25, 0.3) is 0 Å². The number of hydrogen-bond acceptors (Lipinski definition) is 4. The molecular formula is C31H40BrN3O4. The first kappa shape index (κ1) is 30.3. The van der Waals surface area contributed by atoms with E-state index in [1.54, 1.807) is 37.3 Å². The molecule has 0 aliphatic carbocycles. The quantitative estimate of drug-likeness (QED) is 0.204. The summed E-state index contributed by atoms with van der Waals surface area (Å²) >= 11 is 3.49. The predicted octanol–water partition coefficient (Wildman–Crippen LogP) is 6.39. The molecule has 7 nitrogen and oxygen atoms in total. The number of ether oxygens (including phenoxy) is 2. The Balaban J connectivity index is 1.79. The third kappa shape index (κ3) is 8.88. The fraction of sp³-hybridized carbons (Fsp3) is 0.419. The molecule has 0 saturated carbocycles. The number of hydrogen-bond donors (Lipinski definition) is 0. The average Bonchev–Trinajstić information content (AvgIpc) is 3.39. The summed E-state index contributed by atoms with van der Waals surface area (Å²) in [4.78, 5) is 30.8. The molecule has 210 valence electrons. The van der Waals surface area contributed by atoms with Gasteiger partial charge in [-0.05, 0) is 54.8 Å². The lowest BCUT2D eigenvalue weighted by molar-refractivity contribution is -0.132. The van der Waals surface area contributed by atoms with Crippen molar-refractivity contribution in [1.29, 1.82) is 0 Å². The topological polar surface area (TPSA) is 64.0 Å². The number of carbonyl (C=O) groups excluding carboxylic acids is 2. The first-order valence-electron chi connectivity index (χ1n) is 13.6. The molecule has 0 radical (unpaired) electrons. The van der Waals surface area contributed by atoms with Crippen LogP contribution in [0.1, 0.15) is 61.1 Å². The number of benzene rings is 2. The van der Waals surface area contributed by atoms with E-state index in [2.05, 4.69) is 52.5 Å². The molecule has 0 aliphatic heterocycles. The first-order valence-corrected chi connectivity index (χ1v) is 14.4. The molecule has 39 heavy (non-hydrogen) atoms. The lowest BCUT2D eigenvalue weighted by Crippen LogP contribution is -2.43. The van der Waals surface area contributed by atoms with Crippen molar-refractivity contribution in [2.75, 3.05) is 33.9 Å². The van der Waals surface area contributed by atoms with Gasteiger partial charge in [0.05, 0.1) is 20.8 Å². The molecule has 0 saturated heterocycles. The van der Waals surface area contributed by atoms with Gasteiger partial charge < -0.3 is 23.8 Å². The number of unbranched alkanes of at least 4 members (excludes halogenated alkanes) is 2. The summed E-state index contributed by atoms with van der Waals surface area (Å²) in [6.07, 6.45) is 5.65. The molecule has 1 aromatic heterocycles. The van der Waals surface area contributed by atoms with E-state index in [9.17, 15) is 9.59 Å². The Morgan fingerprint density at radius 2 is 1.49 bits per heavy atom. The minimum absolute atomic E-state index is 0.0233. The van der Waals surface area contributed by atoms with E-state index in [0.29, 0.717) is 36.7 Å². The maximum absolute atomic E-state index is 13.7. The van der Waals surface area contributed by atoms with E-state index < -0.39 is 0 Å². The maximum atomic E-state index is 13.7. The van der Waals surface area contributed by atoms with Crippen LogP contribution in [-0.2, 0) is 17.9 Å². The van der Waals surface area contributed by atoms with Gasteiger partial charge in [0, 0.05) is 47.6 Å². The van der Waals surface area contributed by atoms with Gasteiger partial charge in [0.15, 0.2) is 0 Å². The second kappa shape index (κ2) is 15.4. The van der Waals surface area contributed by atoms with Crippen LogP contribution in [0.5, 0.6) is 11.5 Å². The van der Waals surface area contributed by atoms with Crippen LogP contribution in [0, 0.1) is 0 Å². The van der Waals surface area contributed by atoms with Crippen molar-refractivity contribution in [2.45, 2.75) is 52.6 Å². The number of amides is 2. The molecule has 2 amide bonds. The predicted molar refractivity (Wildman–Crippen MR) is 158 cm³/mol. The average molecular weight is 599 g/mol. The van der Waals surface area contributed by atoms with Gasteiger partial charge >= 0.3 is 0 Å². The number of carbonyl (C=O) groups is 2. The van der Waals surface area contributed by atoms with E-state index in [-0.39, 0.29) is 18.4 Å². The molecule has 0 fully saturated rings. The molecule has 8 heteroatoms. The molecule has 3 rings (SSSR count). The van der Waals surface area contributed by atoms with Crippen molar-refractivity contribution in [3.05, 3.63) is 82.1 Å². The van der Waals surface area contributed by atoms with Gasteiger partial charge in [0.25, 0.3) is 5.91 Å². The van der Waals surface area contributed by atoms with Gasteiger partial charge in [-0.2, -0.15) is 0 Å². The van der Waals surface area contributed by atoms with Crippen molar-refractivity contribution in [2.24, 2.45) is 0 Å². The fourth-order valence-electron chi connectivity index (χ4n) is 4.35. The number of aromatic nitrogens is 1. The molecule has 0 aliphatic rings. The molecule has 0 unspecified atom stereocenters. The van der Waals surface area contributed by atoms with Gasteiger partial charge in [0.2, 0.25) is 5.91 Å². The van der Waals surface area contributed by atoms with Crippen LogP contribution < -0.4 is 9.47 Å². The summed E-state index contributed by atoms with van der Waals surface area (Å²) in [5.41, 5.74) is 2.69. The Hall–Kier alpha value is -3.26. The van der Waals surface area contributed by atoms with Crippen molar-refractivity contribution in [3.63, 3.8) is 0 Å². The number of rotatable bonds is 15. The highest BCUT2D eigenvalue weighted by Gasteiger charge is 2.24. The second-order valence-electron chi connectivity index (χ2n) is 9.60. The van der Waals surface area contributed by atoms with Crippen molar-refractivity contribution in [3.8, 4) is 11.5 Å². The smallest absolute Gasteiger partial charge is 0.254 e. The Kier molecular flexibility index (Phi) is 11.9. The summed E-state index contributed by atoms with van der Waals surface area (Å²) in [5, 5.41) is 0. The van der Waals surface area contributed by atoms with Crippen LogP contribution in [-0.4, -0.2) is 60.0 Å². The van der Waals surface area contributed by atoms with E-state index in [4.69, 9.17) is 9.47 Å². The minimum Gasteiger partial charge on any atom is -0.497 e. The zero-order valence-corrected chi connectivity index (χ0v) is 25.1. The van der Waals surface area contributed by atoms with Crippen LogP contribution in [0.4, 0.5) is 0 Å². The molecule has 2 aromatic carbocycles. The van der Waals surface area contributed by atoms with Crippen LogP contribution >= 0.6 is 15.9 Å². The molecule has 0 spiro atoms. The molecule has 0 bridgehead atoms. The van der Waals surface area contributed by atoms with Crippen molar-refractivity contribution in [1.82, 2.24) is 14.4 Å². The normalized spacial score (nSPS) is 10.8. The lowest BCUT2D eigenvalue weighted by atomic mass is 10.1. The SMILES string of the molecule is CCCCN(Cc1cccn1Cc1ccc(Br)cc1)C(=O)CN(CCCC)C(=O)c1cc(OC)cc(OC)c1. The molecule has 1 heterocycles. The minimum atomic E-state index is -0.206. The summed E-state index contributed by atoms with van der Waals surface area (Å²) in [5.74, 6) is 0.813. The van der Waals surface area contributed by atoms with E-state index >= 15 is 0 Å². The highest BCUT2D eigenvalue weighted by Crippen LogP contribution is 2.24. The Bertz CT molecular complexity index is 1190. The maximum Gasteiger partial charge on any atom is 0.254 e. The van der Waals surface area contributed by atoms with E-state index in [1.165, 1.54) is 5.56 Å². The van der Waals surface area contributed by atoms with Gasteiger partial charge in [-0.15, -0.1) is 0 Å². The van der Waals surface area contributed by atoms with Gasteiger partial charge in [-0.3, -0.25) is 9.59 Å². The van der Waals surface area contributed by atoms with Crippen LogP contribution in [0.3, 0.4) is 0 Å². The zero-order chi connectivity index (χ0) is 28.2. The lowest BCUT2D eigenvalue weighted by Gasteiger charge is -2.28. The van der Waals surface area contributed by atoms with Gasteiger partial charge in [-0.25, -0.2) is 0 Å². The third-order valence-corrected chi connectivity index (χ3v) is 7.20. The number of methoxy groups -OCH3 is 2. The number of nitrogens with zero attached hydrogens (tertiary/aromatic N) is 3. The molecule has 0 atom stereocenters. The number of halogens is 1. The fourth-order valence-corrected chi connectivity index (χ4v) is 4.61. The van der Waals surface area contributed by atoms with Crippen LogP contribution in [0.15, 0.2) is 65.3 Å². The summed E-state index contributed by atoms with van der Waals surface area (Å²) in [6, 6.07) is 17.5. The van der Waals surface area contributed by atoms with Gasteiger partial charge in [-0.1, -0.05) is 54.8 Å². The van der Waals surface area contributed by atoms with Crippen molar-refractivity contribution >= 4 is 27.7 Å².